The summed E-state index contributed by atoms with van der Waals surface area (Å²) in [5, 5.41) is 2.25. The van der Waals surface area contributed by atoms with E-state index in [0.29, 0.717) is 5.75 Å². The largest absolute Gasteiger partial charge is 0.325 e. The van der Waals surface area contributed by atoms with Gasteiger partial charge in [0, 0.05) is 22.2 Å². The third-order valence-electron chi connectivity index (χ3n) is 3.61. The van der Waals surface area contributed by atoms with Gasteiger partial charge in [-0.25, -0.2) is 0 Å². The smallest absolute Gasteiger partial charge is 0.239 e. The standard InChI is InChI=1S/C18H21NO2S/c1-13-9-10-14(2)16(11-13)12-22(21)15(3)18(20)19-17-7-5-4-6-8-17/h4-11,15H,12H2,1-3H3,(H,19,20). The topological polar surface area (TPSA) is 46.2 Å². The lowest BCUT2D eigenvalue weighted by atomic mass is 10.1. The van der Waals surface area contributed by atoms with Crippen LogP contribution in [0.5, 0.6) is 0 Å². The zero-order valence-electron chi connectivity index (χ0n) is 13.1. The summed E-state index contributed by atoms with van der Waals surface area (Å²) in [6.07, 6.45) is 0. The first kappa shape index (κ1) is 16.4. The summed E-state index contributed by atoms with van der Waals surface area (Å²) >= 11 is 0. The maximum atomic E-state index is 12.5. The van der Waals surface area contributed by atoms with E-state index in [9.17, 15) is 9.00 Å². The highest BCUT2D eigenvalue weighted by Gasteiger charge is 2.20. The molecule has 0 aliphatic rings. The Morgan fingerprint density at radius 3 is 2.50 bits per heavy atom. The SMILES string of the molecule is Cc1ccc(C)c(CS(=O)C(C)C(=O)Nc2ccccc2)c1. The Balaban J connectivity index is 2.02. The summed E-state index contributed by atoms with van der Waals surface area (Å²) in [6.45, 7) is 5.72. The third kappa shape index (κ3) is 4.28. The zero-order valence-corrected chi connectivity index (χ0v) is 13.9. The van der Waals surface area contributed by atoms with Gasteiger partial charge in [-0.15, -0.1) is 0 Å². The van der Waals surface area contributed by atoms with Gasteiger partial charge in [-0.05, 0) is 44.0 Å². The number of amides is 1. The summed E-state index contributed by atoms with van der Waals surface area (Å²) in [7, 11) is -1.25. The van der Waals surface area contributed by atoms with Gasteiger partial charge in [0.05, 0.1) is 0 Å². The number of nitrogens with one attached hydrogen (secondary N) is 1. The molecular weight excluding hydrogens is 294 g/mol. The van der Waals surface area contributed by atoms with Crippen molar-refractivity contribution in [3.8, 4) is 0 Å². The van der Waals surface area contributed by atoms with Crippen LogP contribution in [0.1, 0.15) is 23.6 Å². The number of hydrogen-bond acceptors (Lipinski definition) is 2. The number of benzene rings is 2. The summed E-state index contributed by atoms with van der Waals surface area (Å²) in [5.41, 5.74) is 4.01. The second kappa shape index (κ2) is 7.36. The number of carbonyl (C=O) groups excluding carboxylic acids is 1. The Labute approximate surface area is 134 Å². The lowest BCUT2D eigenvalue weighted by Gasteiger charge is -2.13. The van der Waals surface area contributed by atoms with Crippen LogP contribution in [0.2, 0.25) is 0 Å². The Bertz CT molecular complexity index is 683. The quantitative estimate of drug-likeness (QED) is 0.916. The second-order valence-corrected chi connectivity index (χ2v) is 7.21. The van der Waals surface area contributed by atoms with Crippen molar-refractivity contribution >= 4 is 22.4 Å². The highest BCUT2D eigenvalue weighted by atomic mass is 32.2. The summed E-state index contributed by atoms with van der Waals surface area (Å²) in [4.78, 5) is 12.2. The van der Waals surface area contributed by atoms with Crippen molar-refractivity contribution in [2.45, 2.75) is 31.8 Å². The number of rotatable bonds is 5. The fourth-order valence-electron chi connectivity index (χ4n) is 2.12. The highest BCUT2D eigenvalue weighted by molar-refractivity contribution is 7.85. The van der Waals surface area contributed by atoms with Crippen molar-refractivity contribution < 1.29 is 9.00 Å². The van der Waals surface area contributed by atoms with E-state index in [2.05, 4.69) is 5.32 Å². The van der Waals surface area contributed by atoms with Gasteiger partial charge in [0.25, 0.3) is 0 Å². The van der Waals surface area contributed by atoms with Crippen molar-refractivity contribution in [3.05, 3.63) is 65.2 Å². The van der Waals surface area contributed by atoms with Crippen molar-refractivity contribution in [2.75, 3.05) is 5.32 Å². The number of hydrogen-bond donors (Lipinski definition) is 1. The van der Waals surface area contributed by atoms with Crippen LogP contribution in [0.15, 0.2) is 48.5 Å². The minimum atomic E-state index is -1.25. The molecule has 0 saturated heterocycles. The fraction of sp³-hybridized carbons (Fsp3) is 0.278. The van der Waals surface area contributed by atoms with Gasteiger partial charge in [0.1, 0.15) is 5.25 Å². The van der Waals surface area contributed by atoms with Gasteiger partial charge in [-0.3, -0.25) is 9.00 Å². The summed E-state index contributed by atoms with van der Waals surface area (Å²) < 4.78 is 12.5. The molecule has 2 atom stereocenters. The zero-order chi connectivity index (χ0) is 16.1. The van der Waals surface area contributed by atoms with E-state index in [0.717, 1.165) is 22.4 Å². The number of carbonyl (C=O) groups is 1. The minimum Gasteiger partial charge on any atom is -0.325 e. The molecule has 0 aromatic heterocycles. The molecule has 2 aromatic rings. The van der Waals surface area contributed by atoms with Crippen LogP contribution in [0.4, 0.5) is 5.69 Å². The molecule has 1 amide bonds. The molecule has 3 nitrogen and oxygen atoms in total. The van der Waals surface area contributed by atoms with E-state index in [-0.39, 0.29) is 5.91 Å². The van der Waals surface area contributed by atoms with E-state index >= 15 is 0 Å². The average molecular weight is 315 g/mol. The number of aryl methyl sites for hydroxylation is 2. The second-order valence-electron chi connectivity index (χ2n) is 5.45. The first-order valence-electron chi connectivity index (χ1n) is 7.26. The maximum absolute atomic E-state index is 12.5. The van der Waals surface area contributed by atoms with Gasteiger partial charge in [0.15, 0.2) is 0 Å². The molecule has 0 aliphatic carbocycles. The lowest BCUT2D eigenvalue weighted by Crippen LogP contribution is -2.29. The first-order chi connectivity index (χ1) is 10.5. The Kier molecular flexibility index (Phi) is 5.50. The molecule has 0 saturated carbocycles. The van der Waals surface area contributed by atoms with Crippen LogP contribution < -0.4 is 5.32 Å². The van der Waals surface area contributed by atoms with Crippen LogP contribution in [-0.4, -0.2) is 15.4 Å². The maximum Gasteiger partial charge on any atom is 0.239 e. The highest BCUT2D eigenvalue weighted by Crippen LogP contribution is 2.15. The molecule has 1 N–H and O–H groups in total. The van der Waals surface area contributed by atoms with E-state index in [1.165, 1.54) is 0 Å². The van der Waals surface area contributed by atoms with Crippen LogP contribution in [0.25, 0.3) is 0 Å². The molecule has 116 valence electrons. The molecule has 0 bridgehead atoms. The number of para-hydroxylation sites is 1. The van der Waals surface area contributed by atoms with Crippen LogP contribution in [0, 0.1) is 13.8 Å². The van der Waals surface area contributed by atoms with Gasteiger partial charge < -0.3 is 5.32 Å². The molecule has 0 aliphatic heterocycles. The van der Waals surface area contributed by atoms with Crippen molar-refractivity contribution in [1.29, 1.82) is 0 Å². The van der Waals surface area contributed by atoms with Crippen LogP contribution in [-0.2, 0) is 21.3 Å². The molecule has 0 spiro atoms. The van der Waals surface area contributed by atoms with Gasteiger partial charge in [-0.1, -0.05) is 42.0 Å². The molecule has 0 radical (unpaired) electrons. The lowest BCUT2D eigenvalue weighted by molar-refractivity contribution is -0.115. The van der Waals surface area contributed by atoms with Gasteiger partial charge >= 0.3 is 0 Å². The third-order valence-corrected chi connectivity index (χ3v) is 5.21. The normalized spacial score (nSPS) is 13.4. The molecule has 0 heterocycles. The predicted octanol–water partition coefficient (Wildman–Crippen LogP) is 3.58. The summed E-state index contributed by atoms with van der Waals surface area (Å²) in [6, 6.07) is 15.3. The number of anilines is 1. The van der Waals surface area contributed by atoms with Gasteiger partial charge in [0.2, 0.25) is 5.91 Å². The molecule has 2 rings (SSSR count). The predicted molar refractivity (Wildman–Crippen MR) is 92.3 cm³/mol. The Morgan fingerprint density at radius 2 is 1.82 bits per heavy atom. The minimum absolute atomic E-state index is 0.213. The van der Waals surface area contributed by atoms with Gasteiger partial charge in [-0.2, -0.15) is 0 Å². The monoisotopic (exact) mass is 315 g/mol. The van der Waals surface area contributed by atoms with Crippen LogP contribution >= 0.6 is 0 Å². The van der Waals surface area contributed by atoms with Crippen LogP contribution in [0.3, 0.4) is 0 Å². The van der Waals surface area contributed by atoms with Crippen molar-refractivity contribution in [3.63, 3.8) is 0 Å². The molecular formula is C18H21NO2S. The van der Waals surface area contributed by atoms with E-state index in [1.807, 2.05) is 62.4 Å². The molecule has 2 unspecified atom stereocenters. The average Bonchev–Trinajstić information content (AvgIpc) is 2.51. The molecule has 22 heavy (non-hydrogen) atoms. The van der Waals surface area contributed by atoms with E-state index < -0.39 is 16.0 Å². The Hall–Kier alpha value is -1.94. The van der Waals surface area contributed by atoms with Crippen molar-refractivity contribution in [1.82, 2.24) is 0 Å². The summed E-state index contributed by atoms with van der Waals surface area (Å²) in [5.74, 6) is 0.187. The fourth-order valence-corrected chi connectivity index (χ4v) is 3.28. The Morgan fingerprint density at radius 1 is 1.14 bits per heavy atom. The first-order valence-corrected chi connectivity index (χ1v) is 8.65. The van der Waals surface area contributed by atoms with Crippen molar-refractivity contribution in [2.24, 2.45) is 0 Å². The van der Waals surface area contributed by atoms with E-state index in [1.54, 1.807) is 6.92 Å². The molecule has 2 aromatic carbocycles. The molecule has 4 heteroatoms. The van der Waals surface area contributed by atoms with E-state index in [4.69, 9.17) is 0 Å². The molecule has 0 fully saturated rings.